The summed E-state index contributed by atoms with van der Waals surface area (Å²) >= 11 is 0. The molecule has 0 heterocycles. The number of aliphatic hydroxyl groups excluding tert-OH is 1. The molecular weight excluding hydrogens is 248 g/mol. The van der Waals surface area contributed by atoms with E-state index in [9.17, 15) is 14.7 Å². The molecule has 104 valence electrons. The molecule has 0 amide bonds. The number of hydrogen-bond donors (Lipinski definition) is 4. The maximum absolute atomic E-state index is 12.1. The summed E-state index contributed by atoms with van der Waals surface area (Å²) < 4.78 is 0. The summed E-state index contributed by atoms with van der Waals surface area (Å²) in [5.74, 6) is -1.46. The zero-order valence-electron chi connectivity index (χ0n) is 10.8. The van der Waals surface area contributed by atoms with E-state index >= 15 is 0 Å². The number of nitrogens with one attached hydrogen (secondary N) is 1. The Morgan fingerprint density at radius 1 is 1.21 bits per heavy atom. The van der Waals surface area contributed by atoms with E-state index in [1.165, 1.54) is 6.92 Å². The van der Waals surface area contributed by atoms with Crippen molar-refractivity contribution < 1.29 is 19.8 Å². The predicted molar refractivity (Wildman–Crippen MR) is 70.9 cm³/mol. The summed E-state index contributed by atoms with van der Waals surface area (Å²) in [7, 11) is 0. The van der Waals surface area contributed by atoms with Crippen LogP contribution in [0.4, 0.5) is 5.69 Å². The SMILES string of the molecule is CC(NC(C(=O)O)C(C)O)C(=O)c1ccc(N)cc1. The van der Waals surface area contributed by atoms with E-state index in [0.29, 0.717) is 11.3 Å². The van der Waals surface area contributed by atoms with Gasteiger partial charge in [0.1, 0.15) is 6.04 Å². The van der Waals surface area contributed by atoms with Gasteiger partial charge in [-0.15, -0.1) is 0 Å². The van der Waals surface area contributed by atoms with Gasteiger partial charge in [-0.25, -0.2) is 0 Å². The Hall–Kier alpha value is -1.92. The van der Waals surface area contributed by atoms with Crippen LogP contribution in [-0.4, -0.2) is 40.2 Å². The molecule has 1 aromatic rings. The van der Waals surface area contributed by atoms with E-state index in [0.717, 1.165) is 0 Å². The van der Waals surface area contributed by atoms with Crippen molar-refractivity contribution in [3.63, 3.8) is 0 Å². The van der Waals surface area contributed by atoms with Crippen LogP contribution in [0.2, 0.25) is 0 Å². The summed E-state index contributed by atoms with van der Waals surface area (Å²) in [5.41, 5.74) is 6.51. The highest BCUT2D eigenvalue weighted by atomic mass is 16.4. The Morgan fingerprint density at radius 3 is 2.16 bits per heavy atom. The fraction of sp³-hybridized carbons (Fsp3) is 0.385. The van der Waals surface area contributed by atoms with Crippen molar-refractivity contribution in [3.8, 4) is 0 Å². The number of carboxylic acids is 1. The first kappa shape index (κ1) is 15.1. The molecule has 5 N–H and O–H groups in total. The number of anilines is 1. The third-order valence-electron chi connectivity index (χ3n) is 2.77. The van der Waals surface area contributed by atoms with Crippen LogP contribution in [0, 0.1) is 0 Å². The van der Waals surface area contributed by atoms with Crippen LogP contribution in [-0.2, 0) is 4.79 Å². The maximum atomic E-state index is 12.1. The third kappa shape index (κ3) is 4.04. The summed E-state index contributed by atoms with van der Waals surface area (Å²) in [5, 5.41) is 20.9. The minimum absolute atomic E-state index is 0.257. The molecule has 0 aliphatic heterocycles. The number of nitrogen functional groups attached to an aromatic ring is 1. The van der Waals surface area contributed by atoms with Gasteiger partial charge in [-0.05, 0) is 38.1 Å². The van der Waals surface area contributed by atoms with Gasteiger partial charge >= 0.3 is 5.97 Å². The van der Waals surface area contributed by atoms with Crippen molar-refractivity contribution >= 4 is 17.4 Å². The normalized spacial score (nSPS) is 15.5. The Balaban J connectivity index is 2.77. The largest absolute Gasteiger partial charge is 0.480 e. The van der Waals surface area contributed by atoms with Crippen molar-refractivity contribution in [1.29, 1.82) is 0 Å². The van der Waals surface area contributed by atoms with Gasteiger partial charge in [0.15, 0.2) is 5.78 Å². The fourth-order valence-corrected chi connectivity index (χ4v) is 1.66. The molecule has 6 heteroatoms. The zero-order valence-corrected chi connectivity index (χ0v) is 10.8. The van der Waals surface area contributed by atoms with Gasteiger partial charge < -0.3 is 15.9 Å². The molecule has 0 radical (unpaired) electrons. The van der Waals surface area contributed by atoms with Crippen LogP contribution in [0.25, 0.3) is 0 Å². The number of aliphatic carboxylic acids is 1. The monoisotopic (exact) mass is 266 g/mol. The summed E-state index contributed by atoms with van der Waals surface area (Å²) in [6.07, 6.45) is -1.10. The number of carbonyl (C=O) groups excluding carboxylic acids is 1. The van der Waals surface area contributed by atoms with Gasteiger partial charge in [0.25, 0.3) is 0 Å². The number of Topliss-reactive ketones (excluding diaryl/α,β-unsaturated/α-hetero) is 1. The first-order valence-electron chi connectivity index (χ1n) is 5.89. The molecule has 0 spiro atoms. The number of aliphatic hydroxyl groups is 1. The number of hydrogen-bond acceptors (Lipinski definition) is 5. The summed E-state index contributed by atoms with van der Waals surface area (Å²) in [4.78, 5) is 23.0. The lowest BCUT2D eigenvalue weighted by molar-refractivity contribution is -0.142. The molecule has 3 unspecified atom stereocenters. The van der Waals surface area contributed by atoms with Crippen molar-refractivity contribution in [2.75, 3.05) is 5.73 Å². The molecule has 6 nitrogen and oxygen atoms in total. The molecule has 0 saturated carbocycles. The summed E-state index contributed by atoms with van der Waals surface area (Å²) in [6, 6.07) is 4.45. The van der Waals surface area contributed by atoms with Gasteiger partial charge in [0.2, 0.25) is 0 Å². The Labute approximate surface area is 111 Å². The number of carboxylic acid groups (broad SMARTS) is 1. The van der Waals surface area contributed by atoms with Crippen LogP contribution in [0.3, 0.4) is 0 Å². The molecule has 1 aromatic carbocycles. The van der Waals surface area contributed by atoms with Crippen molar-refractivity contribution in [2.24, 2.45) is 0 Å². The Bertz CT molecular complexity index is 456. The van der Waals surface area contributed by atoms with Crippen molar-refractivity contribution in [2.45, 2.75) is 32.0 Å². The third-order valence-corrected chi connectivity index (χ3v) is 2.77. The second-order valence-electron chi connectivity index (χ2n) is 4.43. The van der Waals surface area contributed by atoms with E-state index < -0.39 is 24.2 Å². The van der Waals surface area contributed by atoms with Crippen LogP contribution >= 0.6 is 0 Å². The van der Waals surface area contributed by atoms with Crippen LogP contribution in [0.5, 0.6) is 0 Å². The highest BCUT2D eigenvalue weighted by molar-refractivity contribution is 6.00. The predicted octanol–water partition coefficient (Wildman–Crippen LogP) is 0.264. The first-order chi connectivity index (χ1) is 8.82. The highest BCUT2D eigenvalue weighted by Crippen LogP contribution is 2.09. The van der Waals surface area contributed by atoms with E-state index in [1.807, 2.05) is 0 Å². The van der Waals surface area contributed by atoms with Gasteiger partial charge in [0, 0.05) is 11.3 Å². The van der Waals surface area contributed by atoms with Crippen LogP contribution in [0.15, 0.2) is 24.3 Å². The van der Waals surface area contributed by atoms with Crippen molar-refractivity contribution in [3.05, 3.63) is 29.8 Å². The summed E-state index contributed by atoms with van der Waals surface area (Å²) in [6.45, 7) is 2.91. The Kier molecular flexibility index (Phi) is 5.02. The minimum Gasteiger partial charge on any atom is -0.480 e. The number of rotatable bonds is 6. The molecule has 0 aromatic heterocycles. The number of ketones is 1. The lowest BCUT2D eigenvalue weighted by Gasteiger charge is -2.21. The van der Waals surface area contributed by atoms with Crippen molar-refractivity contribution in [1.82, 2.24) is 5.32 Å². The molecular formula is C13H18N2O4. The number of benzene rings is 1. The quantitative estimate of drug-likeness (QED) is 0.434. The lowest BCUT2D eigenvalue weighted by Crippen LogP contribution is -2.51. The second kappa shape index (κ2) is 6.31. The Morgan fingerprint density at radius 2 is 1.74 bits per heavy atom. The molecule has 0 saturated heterocycles. The average Bonchev–Trinajstić information content (AvgIpc) is 2.34. The smallest absolute Gasteiger partial charge is 0.323 e. The maximum Gasteiger partial charge on any atom is 0.323 e. The molecule has 0 aliphatic rings. The number of nitrogens with two attached hydrogens (primary N) is 1. The van der Waals surface area contributed by atoms with Crippen LogP contribution < -0.4 is 11.1 Å². The first-order valence-corrected chi connectivity index (χ1v) is 5.89. The van der Waals surface area contributed by atoms with Gasteiger partial charge in [0.05, 0.1) is 12.1 Å². The molecule has 1 rings (SSSR count). The van der Waals surface area contributed by atoms with E-state index in [-0.39, 0.29) is 5.78 Å². The van der Waals surface area contributed by atoms with E-state index in [2.05, 4.69) is 5.32 Å². The van der Waals surface area contributed by atoms with E-state index in [1.54, 1.807) is 31.2 Å². The van der Waals surface area contributed by atoms with Crippen LogP contribution in [0.1, 0.15) is 24.2 Å². The molecule has 0 fully saturated rings. The number of carbonyl (C=O) groups is 2. The lowest BCUT2D eigenvalue weighted by atomic mass is 10.0. The second-order valence-corrected chi connectivity index (χ2v) is 4.43. The fourth-order valence-electron chi connectivity index (χ4n) is 1.66. The zero-order chi connectivity index (χ0) is 14.6. The standard InChI is InChI=1S/C13H18N2O4/c1-7(15-11(8(2)16)13(18)19)12(17)9-3-5-10(14)6-4-9/h3-8,11,15-16H,14H2,1-2H3,(H,18,19). The highest BCUT2D eigenvalue weighted by Gasteiger charge is 2.27. The molecule has 19 heavy (non-hydrogen) atoms. The van der Waals surface area contributed by atoms with Gasteiger partial charge in [-0.3, -0.25) is 14.9 Å². The molecule has 3 atom stereocenters. The van der Waals surface area contributed by atoms with Gasteiger partial charge in [-0.2, -0.15) is 0 Å². The minimum atomic E-state index is -1.20. The van der Waals surface area contributed by atoms with E-state index in [4.69, 9.17) is 10.8 Å². The molecule has 0 aliphatic carbocycles. The molecule has 0 bridgehead atoms. The average molecular weight is 266 g/mol. The van der Waals surface area contributed by atoms with Gasteiger partial charge in [-0.1, -0.05) is 0 Å². The topological polar surface area (TPSA) is 113 Å².